The lowest BCUT2D eigenvalue weighted by Crippen LogP contribution is -2.44. The number of rotatable bonds is 7. The summed E-state index contributed by atoms with van der Waals surface area (Å²) in [5.74, 6) is 0. The number of nitrogens with one attached hydrogen (secondary N) is 1. The lowest BCUT2D eigenvalue weighted by Gasteiger charge is -2.38. The van der Waals surface area contributed by atoms with E-state index in [9.17, 15) is 18.5 Å². The Labute approximate surface area is 209 Å². The maximum absolute atomic E-state index is 13.2. The van der Waals surface area contributed by atoms with Crippen LogP contribution < -0.4 is 5.32 Å². The number of anilines is 1. The minimum Gasteiger partial charge on any atom is -0.376 e. The van der Waals surface area contributed by atoms with Gasteiger partial charge < -0.3 is 5.32 Å². The smallest absolute Gasteiger partial charge is 0.311 e. The van der Waals surface area contributed by atoms with Crippen molar-refractivity contribution in [3.05, 3.63) is 94.8 Å². The topological polar surface area (TPSA) is 110 Å². The number of piperidine rings is 1. The molecular weight excluding hydrogens is 478 g/mol. The Balaban J connectivity index is 1.43. The molecular formula is C26H27N5O4S. The first-order chi connectivity index (χ1) is 17.3. The van der Waals surface area contributed by atoms with Crippen LogP contribution in [-0.2, 0) is 16.6 Å². The minimum atomic E-state index is -3.90. The lowest BCUT2D eigenvalue weighted by atomic mass is 9.97. The van der Waals surface area contributed by atoms with Crippen molar-refractivity contribution in [2.45, 2.75) is 43.3 Å². The maximum Gasteiger partial charge on any atom is 0.311 e. The Morgan fingerprint density at radius 3 is 2.44 bits per heavy atom. The molecule has 1 aliphatic heterocycles. The van der Waals surface area contributed by atoms with Gasteiger partial charge in [0.15, 0.2) is 5.65 Å². The average molecular weight is 506 g/mol. The van der Waals surface area contributed by atoms with Crippen LogP contribution in [0.2, 0.25) is 0 Å². The van der Waals surface area contributed by atoms with Gasteiger partial charge in [-0.25, -0.2) is 17.4 Å². The predicted molar refractivity (Wildman–Crippen MR) is 138 cm³/mol. The standard InChI is InChI=1S/C26H27N5O4S/c1-19-16-21(12-14-29(19)18-20-8-4-2-5-9-20)28-25-23-13-15-30(26(23)27-17-24(25)31(32)33)36(34,35)22-10-6-3-7-11-22/h2-11,13,15,17,19,21H,12,14,16,18H2,1H3,(H,27,28). The predicted octanol–water partition coefficient (Wildman–Crippen LogP) is 4.65. The van der Waals surface area contributed by atoms with Crippen molar-refractivity contribution >= 4 is 32.4 Å². The van der Waals surface area contributed by atoms with E-state index >= 15 is 0 Å². The molecule has 2 aromatic carbocycles. The zero-order valence-electron chi connectivity index (χ0n) is 19.8. The first-order valence-corrected chi connectivity index (χ1v) is 13.3. The van der Waals surface area contributed by atoms with E-state index in [-0.39, 0.29) is 28.3 Å². The number of likely N-dealkylation sites (tertiary alicyclic amines) is 1. The van der Waals surface area contributed by atoms with Gasteiger partial charge in [-0.3, -0.25) is 15.0 Å². The number of hydrogen-bond acceptors (Lipinski definition) is 7. The second-order valence-electron chi connectivity index (χ2n) is 9.11. The third-order valence-corrected chi connectivity index (χ3v) is 8.43. The SMILES string of the molecule is CC1CC(Nc2c([N+](=O)[O-])cnc3c2ccn3S(=O)(=O)c2ccccc2)CCN1Cc1ccccc1. The van der Waals surface area contributed by atoms with Crippen LogP contribution in [0.3, 0.4) is 0 Å². The lowest BCUT2D eigenvalue weighted by molar-refractivity contribution is -0.384. The summed E-state index contributed by atoms with van der Waals surface area (Å²) in [4.78, 5) is 18.1. The minimum absolute atomic E-state index is 0.00500. The van der Waals surface area contributed by atoms with E-state index in [1.807, 2.05) is 18.2 Å². The molecule has 1 saturated heterocycles. The summed E-state index contributed by atoms with van der Waals surface area (Å²) in [5.41, 5.74) is 1.54. The largest absolute Gasteiger partial charge is 0.376 e. The Morgan fingerprint density at radius 1 is 1.08 bits per heavy atom. The Kier molecular flexibility index (Phi) is 6.46. The highest BCUT2D eigenvalue weighted by Crippen LogP contribution is 2.35. The first-order valence-electron chi connectivity index (χ1n) is 11.8. The summed E-state index contributed by atoms with van der Waals surface area (Å²) in [5, 5.41) is 15.6. The zero-order chi connectivity index (χ0) is 25.3. The van der Waals surface area contributed by atoms with E-state index in [4.69, 9.17) is 0 Å². The third kappa shape index (κ3) is 4.57. The van der Waals surface area contributed by atoms with Gasteiger partial charge in [0.05, 0.1) is 15.2 Å². The van der Waals surface area contributed by atoms with E-state index in [0.29, 0.717) is 11.1 Å². The van der Waals surface area contributed by atoms with Crippen molar-refractivity contribution in [3.63, 3.8) is 0 Å². The number of fused-ring (bicyclic) bond motifs is 1. The van der Waals surface area contributed by atoms with Crippen molar-refractivity contribution in [2.24, 2.45) is 0 Å². The zero-order valence-corrected chi connectivity index (χ0v) is 20.6. The van der Waals surface area contributed by atoms with Gasteiger partial charge in [0.1, 0.15) is 11.9 Å². The van der Waals surface area contributed by atoms with Gasteiger partial charge >= 0.3 is 5.69 Å². The number of benzene rings is 2. The van der Waals surface area contributed by atoms with Crippen molar-refractivity contribution in [1.82, 2.24) is 13.9 Å². The number of nitro groups is 1. The highest BCUT2D eigenvalue weighted by atomic mass is 32.2. The Hall–Kier alpha value is -3.76. The van der Waals surface area contributed by atoms with Crippen LogP contribution in [0, 0.1) is 10.1 Å². The molecule has 0 amide bonds. The summed E-state index contributed by atoms with van der Waals surface area (Å²) in [6.07, 6.45) is 4.15. The van der Waals surface area contributed by atoms with Gasteiger partial charge in [-0.15, -0.1) is 0 Å². The summed E-state index contributed by atoms with van der Waals surface area (Å²) in [6.45, 7) is 3.87. The Morgan fingerprint density at radius 2 is 1.78 bits per heavy atom. The summed E-state index contributed by atoms with van der Waals surface area (Å²) < 4.78 is 27.5. The van der Waals surface area contributed by atoms with Gasteiger partial charge in [0, 0.05) is 31.4 Å². The molecule has 0 radical (unpaired) electrons. The molecule has 10 heteroatoms. The van der Waals surface area contributed by atoms with E-state index < -0.39 is 14.9 Å². The van der Waals surface area contributed by atoms with Crippen LogP contribution >= 0.6 is 0 Å². The Bertz CT molecular complexity index is 1490. The molecule has 2 unspecified atom stereocenters. The molecule has 1 fully saturated rings. The van der Waals surface area contributed by atoms with Crippen LogP contribution in [0.15, 0.2) is 84.0 Å². The highest BCUT2D eigenvalue weighted by molar-refractivity contribution is 7.90. The molecule has 5 rings (SSSR count). The average Bonchev–Trinajstić information content (AvgIpc) is 3.32. The molecule has 0 bridgehead atoms. The van der Waals surface area contributed by atoms with E-state index in [1.54, 1.807) is 24.3 Å². The molecule has 0 saturated carbocycles. The normalized spacial score (nSPS) is 18.8. The van der Waals surface area contributed by atoms with Crippen molar-refractivity contribution in [3.8, 4) is 0 Å². The number of nitrogens with zero attached hydrogens (tertiary/aromatic N) is 4. The third-order valence-electron chi connectivity index (χ3n) is 6.75. The summed E-state index contributed by atoms with van der Waals surface area (Å²) >= 11 is 0. The molecule has 2 aromatic heterocycles. The van der Waals surface area contributed by atoms with E-state index in [1.165, 1.54) is 23.9 Å². The van der Waals surface area contributed by atoms with Gasteiger partial charge in [0.25, 0.3) is 10.0 Å². The van der Waals surface area contributed by atoms with Crippen LogP contribution in [0.1, 0.15) is 25.3 Å². The van der Waals surface area contributed by atoms with Crippen molar-refractivity contribution < 1.29 is 13.3 Å². The molecule has 0 spiro atoms. The van der Waals surface area contributed by atoms with Crippen LogP contribution in [0.25, 0.3) is 11.0 Å². The fourth-order valence-corrected chi connectivity index (χ4v) is 6.17. The molecule has 1 aliphatic rings. The van der Waals surface area contributed by atoms with Crippen LogP contribution in [0.5, 0.6) is 0 Å². The highest BCUT2D eigenvalue weighted by Gasteiger charge is 2.30. The molecule has 0 aliphatic carbocycles. The van der Waals surface area contributed by atoms with Gasteiger partial charge in [-0.2, -0.15) is 0 Å². The molecule has 3 heterocycles. The molecule has 9 nitrogen and oxygen atoms in total. The van der Waals surface area contributed by atoms with Gasteiger partial charge in [-0.1, -0.05) is 48.5 Å². The molecule has 2 atom stereocenters. The monoisotopic (exact) mass is 505 g/mol. The second kappa shape index (κ2) is 9.71. The molecule has 1 N–H and O–H groups in total. The molecule has 4 aromatic rings. The maximum atomic E-state index is 13.2. The number of pyridine rings is 1. The number of aromatic nitrogens is 2. The summed E-state index contributed by atoms with van der Waals surface area (Å²) in [6, 6.07) is 20.2. The van der Waals surface area contributed by atoms with Gasteiger partial charge in [0.2, 0.25) is 0 Å². The van der Waals surface area contributed by atoms with E-state index in [0.717, 1.165) is 36.1 Å². The quantitative estimate of drug-likeness (QED) is 0.288. The molecule has 186 valence electrons. The summed E-state index contributed by atoms with van der Waals surface area (Å²) in [7, 11) is -3.90. The first kappa shape index (κ1) is 24.0. The van der Waals surface area contributed by atoms with Crippen molar-refractivity contribution in [1.29, 1.82) is 0 Å². The number of hydrogen-bond donors (Lipinski definition) is 1. The van der Waals surface area contributed by atoms with Crippen molar-refractivity contribution in [2.75, 3.05) is 11.9 Å². The van der Waals surface area contributed by atoms with Gasteiger partial charge in [-0.05, 0) is 43.5 Å². The van der Waals surface area contributed by atoms with E-state index in [2.05, 4.69) is 34.3 Å². The fraction of sp³-hybridized carbons (Fsp3) is 0.269. The molecule has 36 heavy (non-hydrogen) atoms. The fourth-order valence-electron chi connectivity index (χ4n) is 4.85. The van der Waals surface area contributed by atoms with Crippen LogP contribution in [0.4, 0.5) is 11.4 Å². The second-order valence-corrected chi connectivity index (χ2v) is 10.9. The van der Waals surface area contributed by atoms with Crippen LogP contribution in [-0.4, -0.2) is 45.8 Å².